The van der Waals surface area contributed by atoms with Gasteiger partial charge in [0.2, 0.25) is 5.13 Å². The second kappa shape index (κ2) is 6.87. The highest BCUT2D eigenvalue weighted by Crippen LogP contribution is 2.25. The molecule has 0 fully saturated rings. The van der Waals surface area contributed by atoms with Crippen molar-refractivity contribution >= 4 is 33.0 Å². The van der Waals surface area contributed by atoms with Crippen LogP contribution in [-0.4, -0.2) is 10.7 Å². The molecule has 4 heteroatoms. The summed E-state index contributed by atoms with van der Waals surface area (Å²) in [5.41, 5.74) is 7.24. The molecule has 0 aliphatic carbocycles. The highest BCUT2D eigenvalue weighted by Gasteiger charge is 2.05. The maximum atomic E-state index is 4.61. The molecular weight excluding hydrogens is 326 g/mol. The first-order valence-electron chi connectivity index (χ1n) is 8.10. The summed E-state index contributed by atoms with van der Waals surface area (Å²) in [6.45, 7) is 2.01. The lowest BCUT2D eigenvalue weighted by Crippen LogP contribution is -2.00. The van der Waals surface area contributed by atoms with Crippen molar-refractivity contribution in [2.45, 2.75) is 6.92 Å². The highest BCUT2D eigenvalue weighted by atomic mass is 32.1. The van der Waals surface area contributed by atoms with Crippen LogP contribution >= 0.6 is 11.3 Å². The van der Waals surface area contributed by atoms with E-state index < -0.39 is 0 Å². The lowest BCUT2D eigenvalue weighted by molar-refractivity contribution is 1.27. The molecule has 0 bridgehead atoms. The summed E-state index contributed by atoms with van der Waals surface area (Å²) in [5.74, 6) is 0. The summed E-state index contributed by atoms with van der Waals surface area (Å²) < 4.78 is 0. The van der Waals surface area contributed by atoms with E-state index in [-0.39, 0.29) is 0 Å². The van der Waals surface area contributed by atoms with E-state index in [2.05, 4.69) is 70.1 Å². The third-order valence-corrected chi connectivity index (χ3v) is 4.82. The molecule has 0 aliphatic rings. The molecule has 0 aliphatic heterocycles. The van der Waals surface area contributed by atoms with E-state index in [0.29, 0.717) is 0 Å². The number of fused-ring (bicyclic) bond motifs is 1. The van der Waals surface area contributed by atoms with Crippen molar-refractivity contribution in [1.29, 1.82) is 0 Å². The maximum absolute atomic E-state index is 4.61. The SMILES string of the molecule is C/C(=N/Nc1nc(-c2ccccc2)cs1)c1cccc2ccccc12. The van der Waals surface area contributed by atoms with Crippen LogP contribution in [-0.2, 0) is 0 Å². The van der Waals surface area contributed by atoms with Crippen LogP contribution in [0.5, 0.6) is 0 Å². The number of anilines is 1. The molecule has 4 aromatic rings. The van der Waals surface area contributed by atoms with Crippen LogP contribution in [0.25, 0.3) is 22.0 Å². The Hall–Kier alpha value is -2.98. The van der Waals surface area contributed by atoms with Crippen molar-refractivity contribution in [3.8, 4) is 11.3 Å². The van der Waals surface area contributed by atoms with Gasteiger partial charge in [-0.25, -0.2) is 4.98 Å². The van der Waals surface area contributed by atoms with Crippen LogP contribution in [0.15, 0.2) is 83.3 Å². The lowest BCUT2D eigenvalue weighted by atomic mass is 10.0. The van der Waals surface area contributed by atoms with E-state index in [4.69, 9.17) is 0 Å². The first kappa shape index (κ1) is 15.5. The van der Waals surface area contributed by atoms with Crippen molar-refractivity contribution in [1.82, 2.24) is 4.98 Å². The molecule has 1 N–H and O–H groups in total. The smallest absolute Gasteiger partial charge is 0.203 e. The normalized spacial score (nSPS) is 11.6. The molecule has 0 spiro atoms. The van der Waals surface area contributed by atoms with Crippen LogP contribution < -0.4 is 5.43 Å². The summed E-state index contributed by atoms with van der Waals surface area (Å²) in [6, 6.07) is 24.8. The molecule has 3 nitrogen and oxygen atoms in total. The zero-order chi connectivity index (χ0) is 17.1. The summed E-state index contributed by atoms with van der Waals surface area (Å²) in [6.07, 6.45) is 0. The topological polar surface area (TPSA) is 37.3 Å². The molecule has 122 valence electrons. The number of nitrogens with one attached hydrogen (secondary N) is 1. The zero-order valence-corrected chi connectivity index (χ0v) is 14.6. The molecular formula is C21H17N3S. The van der Waals surface area contributed by atoms with Gasteiger partial charge in [-0.05, 0) is 17.7 Å². The Morgan fingerprint density at radius 1 is 0.920 bits per heavy atom. The molecule has 0 amide bonds. The van der Waals surface area contributed by atoms with Gasteiger partial charge in [-0.15, -0.1) is 11.3 Å². The van der Waals surface area contributed by atoms with Gasteiger partial charge in [0.1, 0.15) is 0 Å². The number of nitrogens with zero attached hydrogens (tertiary/aromatic N) is 2. The first-order chi connectivity index (χ1) is 12.3. The molecule has 1 heterocycles. The van der Waals surface area contributed by atoms with E-state index in [1.54, 1.807) is 11.3 Å². The van der Waals surface area contributed by atoms with Gasteiger partial charge in [-0.1, -0.05) is 72.8 Å². The summed E-state index contributed by atoms with van der Waals surface area (Å²) in [4.78, 5) is 4.61. The Kier molecular flexibility index (Phi) is 4.27. The predicted molar refractivity (Wildman–Crippen MR) is 107 cm³/mol. The fourth-order valence-electron chi connectivity index (χ4n) is 2.80. The Morgan fingerprint density at radius 2 is 1.68 bits per heavy atom. The van der Waals surface area contributed by atoms with Crippen molar-refractivity contribution < 1.29 is 0 Å². The highest BCUT2D eigenvalue weighted by molar-refractivity contribution is 7.14. The first-order valence-corrected chi connectivity index (χ1v) is 8.98. The van der Waals surface area contributed by atoms with E-state index in [1.807, 2.05) is 30.5 Å². The van der Waals surface area contributed by atoms with Crippen LogP contribution in [0, 0.1) is 0 Å². The molecule has 0 saturated carbocycles. The van der Waals surface area contributed by atoms with Gasteiger partial charge in [-0.2, -0.15) is 5.10 Å². The van der Waals surface area contributed by atoms with E-state index >= 15 is 0 Å². The standard InChI is InChI=1S/C21H17N3S/c1-15(18-13-7-11-16-8-5-6-12-19(16)18)23-24-21-22-20(14-25-21)17-9-3-2-4-10-17/h2-14H,1H3,(H,22,24)/b23-15-. The fourth-order valence-corrected chi connectivity index (χ4v) is 3.46. The maximum Gasteiger partial charge on any atom is 0.203 e. The van der Waals surface area contributed by atoms with Gasteiger partial charge in [0.15, 0.2) is 0 Å². The molecule has 25 heavy (non-hydrogen) atoms. The number of hydrogen-bond acceptors (Lipinski definition) is 4. The molecule has 1 aromatic heterocycles. The molecule has 0 unspecified atom stereocenters. The van der Waals surface area contributed by atoms with Gasteiger partial charge in [-0.3, -0.25) is 5.43 Å². The average molecular weight is 343 g/mol. The minimum absolute atomic E-state index is 0.790. The summed E-state index contributed by atoms with van der Waals surface area (Å²) >= 11 is 1.56. The van der Waals surface area contributed by atoms with Gasteiger partial charge in [0.25, 0.3) is 0 Å². The third kappa shape index (κ3) is 3.30. The van der Waals surface area contributed by atoms with Crippen molar-refractivity contribution in [3.05, 3.63) is 83.7 Å². The number of benzene rings is 3. The number of rotatable bonds is 4. The van der Waals surface area contributed by atoms with E-state index in [1.165, 1.54) is 10.8 Å². The zero-order valence-electron chi connectivity index (χ0n) is 13.8. The Bertz CT molecular complexity index is 1030. The molecule has 0 saturated heterocycles. The van der Waals surface area contributed by atoms with Crippen molar-refractivity contribution in [3.63, 3.8) is 0 Å². The Balaban J connectivity index is 1.58. The quantitative estimate of drug-likeness (QED) is 0.375. The number of aromatic nitrogens is 1. The summed E-state index contributed by atoms with van der Waals surface area (Å²) in [5, 5.41) is 9.79. The second-order valence-corrected chi connectivity index (χ2v) is 6.60. The molecule has 0 atom stereocenters. The molecule has 4 rings (SSSR count). The number of hydrogen-bond donors (Lipinski definition) is 1. The largest absolute Gasteiger partial charge is 0.252 e. The molecule has 0 radical (unpaired) electrons. The minimum atomic E-state index is 0.790. The van der Waals surface area contributed by atoms with Crippen LogP contribution in [0.2, 0.25) is 0 Å². The number of hydrazone groups is 1. The number of thiazole rings is 1. The average Bonchev–Trinajstić information content (AvgIpc) is 3.15. The monoisotopic (exact) mass is 343 g/mol. The van der Waals surface area contributed by atoms with Crippen LogP contribution in [0.4, 0.5) is 5.13 Å². The van der Waals surface area contributed by atoms with Gasteiger partial charge in [0.05, 0.1) is 11.4 Å². The fraction of sp³-hybridized carbons (Fsp3) is 0.0476. The van der Waals surface area contributed by atoms with Crippen LogP contribution in [0.3, 0.4) is 0 Å². The third-order valence-electron chi connectivity index (χ3n) is 4.07. The summed E-state index contributed by atoms with van der Waals surface area (Å²) in [7, 11) is 0. The van der Waals surface area contributed by atoms with Gasteiger partial charge >= 0.3 is 0 Å². The van der Waals surface area contributed by atoms with Gasteiger partial charge < -0.3 is 0 Å². The lowest BCUT2D eigenvalue weighted by Gasteiger charge is -2.06. The van der Waals surface area contributed by atoms with Crippen molar-refractivity contribution in [2.24, 2.45) is 5.10 Å². The Morgan fingerprint density at radius 3 is 2.56 bits per heavy atom. The minimum Gasteiger partial charge on any atom is -0.252 e. The predicted octanol–water partition coefficient (Wildman–Crippen LogP) is 5.80. The Labute approximate surface area is 150 Å². The second-order valence-electron chi connectivity index (χ2n) is 5.74. The van der Waals surface area contributed by atoms with Crippen molar-refractivity contribution in [2.75, 3.05) is 5.43 Å². The van der Waals surface area contributed by atoms with Crippen LogP contribution in [0.1, 0.15) is 12.5 Å². The molecule has 3 aromatic carbocycles. The van der Waals surface area contributed by atoms with E-state index in [9.17, 15) is 0 Å². The van der Waals surface area contributed by atoms with Gasteiger partial charge in [0, 0.05) is 16.5 Å². The van der Waals surface area contributed by atoms with E-state index in [0.717, 1.165) is 27.7 Å².